The fourth-order valence-electron chi connectivity index (χ4n) is 3.27. The molecule has 0 radical (unpaired) electrons. The number of rotatable bonds is 6. The standard InChI is InChI=1S/C18H25N5O2S/c1-21-5-6-25-15(10-21)11-23(8-13-3-4-13)18(24)16-12-26-17(20-16)14-7-19-22(2)9-14/h7,9,12-13,15H,3-6,8,10-11H2,1-2H3. The van der Waals surface area contributed by atoms with E-state index in [4.69, 9.17) is 4.74 Å². The van der Waals surface area contributed by atoms with Crippen LogP contribution in [0, 0.1) is 5.92 Å². The van der Waals surface area contributed by atoms with Crippen molar-refractivity contribution in [1.29, 1.82) is 0 Å². The highest BCUT2D eigenvalue weighted by molar-refractivity contribution is 7.13. The molecule has 1 unspecified atom stereocenters. The molecular formula is C18H25N5O2S. The molecule has 2 aliphatic rings. The number of hydrogen-bond donors (Lipinski definition) is 0. The van der Waals surface area contributed by atoms with E-state index < -0.39 is 0 Å². The normalized spacial score (nSPS) is 21.1. The van der Waals surface area contributed by atoms with Crippen LogP contribution in [0.5, 0.6) is 0 Å². The lowest BCUT2D eigenvalue weighted by Crippen LogP contribution is -2.48. The Morgan fingerprint density at radius 1 is 1.38 bits per heavy atom. The first kappa shape index (κ1) is 17.6. The molecule has 1 aliphatic heterocycles. The van der Waals surface area contributed by atoms with Crippen LogP contribution in [0.15, 0.2) is 17.8 Å². The summed E-state index contributed by atoms with van der Waals surface area (Å²) in [5.74, 6) is 0.650. The molecule has 2 aromatic heterocycles. The van der Waals surface area contributed by atoms with Crippen molar-refractivity contribution in [3.05, 3.63) is 23.5 Å². The second kappa shape index (κ2) is 7.46. The quantitative estimate of drug-likeness (QED) is 0.769. The molecule has 4 rings (SSSR count). The molecule has 1 aliphatic carbocycles. The van der Waals surface area contributed by atoms with Gasteiger partial charge in [-0.2, -0.15) is 5.10 Å². The third kappa shape index (κ3) is 4.13. The number of hydrogen-bond acceptors (Lipinski definition) is 6. The molecule has 140 valence electrons. The van der Waals surface area contributed by atoms with Crippen LogP contribution < -0.4 is 0 Å². The van der Waals surface area contributed by atoms with Gasteiger partial charge in [-0.15, -0.1) is 11.3 Å². The number of ether oxygens (including phenoxy) is 1. The van der Waals surface area contributed by atoms with Crippen molar-refractivity contribution >= 4 is 17.2 Å². The second-order valence-electron chi connectivity index (χ2n) is 7.35. The zero-order chi connectivity index (χ0) is 18.1. The number of likely N-dealkylation sites (N-methyl/N-ethyl adjacent to an activating group) is 1. The highest BCUT2D eigenvalue weighted by Gasteiger charge is 2.31. The second-order valence-corrected chi connectivity index (χ2v) is 8.21. The summed E-state index contributed by atoms with van der Waals surface area (Å²) in [4.78, 5) is 21.9. The van der Waals surface area contributed by atoms with Crippen molar-refractivity contribution in [1.82, 2.24) is 24.6 Å². The highest BCUT2D eigenvalue weighted by atomic mass is 32.1. The number of morpholine rings is 1. The summed E-state index contributed by atoms with van der Waals surface area (Å²) in [5, 5.41) is 6.88. The molecule has 3 heterocycles. The van der Waals surface area contributed by atoms with Crippen LogP contribution in [0.3, 0.4) is 0 Å². The summed E-state index contributed by atoms with van der Waals surface area (Å²) < 4.78 is 7.62. The van der Waals surface area contributed by atoms with Gasteiger partial charge in [-0.05, 0) is 25.8 Å². The number of amides is 1. The number of carbonyl (C=O) groups is 1. The molecule has 0 bridgehead atoms. The minimum Gasteiger partial charge on any atom is -0.374 e. The Bertz CT molecular complexity index is 769. The Morgan fingerprint density at radius 3 is 2.92 bits per heavy atom. The molecule has 1 saturated carbocycles. The average Bonchev–Trinajstić information content (AvgIpc) is 3.12. The van der Waals surface area contributed by atoms with E-state index in [0.29, 0.717) is 18.2 Å². The molecule has 2 fully saturated rings. The number of aryl methyl sites for hydroxylation is 1. The van der Waals surface area contributed by atoms with Crippen LogP contribution in [0.25, 0.3) is 10.6 Å². The molecule has 1 amide bonds. The van der Waals surface area contributed by atoms with Gasteiger partial charge in [0.25, 0.3) is 5.91 Å². The summed E-state index contributed by atoms with van der Waals surface area (Å²) in [5.41, 5.74) is 1.47. The van der Waals surface area contributed by atoms with Gasteiger partial charge < -0.3 is 14.5 Å². The van der Waals surface area contributed by atoms with Gasteiger partial charge in [0.2, 0.25) is 0 Å². The Labute approximate surface area is 157 Å². The fourth-order valence-corrected chi connectivity index (χ4v) is 4.04. The molecule has 0 N–H and O–H groups in total. The van der Waals surface area contributed by atoms with E-state index in [-0.39, 0.29) is 12.0 Å². The van der Waals surface area contributed by atoms with E-state index >= 15 is 0 Å². The first-order valence-electron chi connectivity index (χ1n) is 9.12. The Kier molecular flexibility index (Phi) is 5.06. The number of nitrogens with zero attached hydrogens (tertiary/aromatic N) is 5. The van der Waals surface area contributed by atoms with Crippen LogP contribution in [-0.4, -0.2) is 76.4 Å². The van der Waals surface area contributed by atoms with Crippen LogP contribution in [0.2, 0.25) is 0 Å². The van der Waals surface area contributed by atoms with Crippen molar-refractivity contribution in [2.24, 2.45) is 13.0 Å². The first-order valence-corrected chi connectivity index (χ1v) is 10.0. The minimum absolute atomic E-state index is 0.0140. The summed E-state index contributed by atoms with van der Waals surface area (Å²) in [7, 11) is 3.98. The van der Waals surface area contributed by atoms with Crippen molar-refractivity contribution < 1.29 is 9.53 Å². The Hall–Kier alpha value is -1.77. The van der Waals surface area contributed by atoms with Crippen molar-refractivity contribution in [2.75, 3.05) is 39.8 Å². The van der Waals surface area contributed by atoms with Gasteiger partial charge >= 0.3 is 0 Å². The minimum atomic E-state index is 0.0140. The SMILES string of the molecule is CN1CCOC(CN(CC2CC2)C(=O)c2csc(-c3cnn(C)c3)n2)C1. The summed E-state index contributed by atoms with van der Waals surface area (Å²) >= 11 is 1.49. The van der Waals surface area contributed by atoms with Crippen LogP contribution in [0.4, 0.5) is 0 Å². The summed E-state index contributed by atoms with van der Waals surface area (Å²) in [6.07, 6.45) is 6.20. The Morgan fingerprint density at radius 2 is 2.23 bits per heavy atom. The molecule has 1 atom stereocenters. The maximum absolute atomic E-state index is 13.1. The predicted octanol–water partition coefficient (Wildman–Crippen LogP) is 1.73. The third-order valence-corrected chi connectivity index (χ3v) is 5.80. The smallest absolute Gasteiger partial charge is 0.273 e. The lowest BCUT2D eigenvalue weighted by molar-refractivity contribution is -0.0332. The summed E-state index contributed by atoms with van der Waals surface area (Å²) in [6.45, 7) is 4.00. The largest absolute Gasteiger partial charge is 0.374 e. The van der Waals surface area contributed by atoms with Gasteiger partial charge in [-0.25, -0.2) is 4.98 Å². The first-order chi connectivity index (χ1) is 12.6. The predicted molar refractivity (Wildman–Crippen MR) is 100 cm³/mol. The van der Waals surface area contributed by atoms with E-state index in [0.717, 1.165) is 36.8 Å². The maximum atomic E-state index is 13.1. The van der Waals surface area contributed by atoms with Crippen molar-refractivity contribution in [3.63, 3.8) is 0 Å². The molecule has 7 nitrogen and oxygen atoms in total. The lowest BCUT2D eigenvalue weighted by Gasteiger charge is -2.33. The molecule has 0 spiro atoms. The van der Waals surface area contributed by atoms with E-state index in [1.54, 1.807) is 10.9 Å². The van der Waals surface area contributed by atoms with E-state index in [1.807, 2.05) is 23.5 Å². The zero-order valence-corrected chi connectivity index (χ0v) is 16.1. The Balaban J connectivity index is 1.47. The number of carbonyl (C=O) groups excluding carboxylic acids is 1. The van der Waals surface area contributed by atoms with Gasteiger partial charge in [0.15, 0.2) is 0 Å². The molecule has 0 aromatic carbocycles. The van der Waals surface area contributed by atoms with E-state index in [2.05, 4.69) is 22.0 Å². The van der Waals surface area contributed by atoms with E-state index in [1.165, 1.54) is 24.2 Å². The van der Waals surface area contributed by atoms with Crippen LogP contribution >= 0.6 is 11.3 Å². The molecule has 1 saturated heterocycles. The number of aromatic nitrogens is 3. The van der Waals surface area contributed by atoms with Crippen LogP contribution in [0.1, 0.15) is 23.3 Å². The van der Waals surface area contributed by atoms with Gasteiger partial charge in [0.05, 0.1) is 18.9 Å². The topological polar surface area (TPSA) is 63.5 Å². The zero-order valence-electron chi connectivity index (χ0n) is 15.3. The molecule has 2 aromatic rings. The molecular weight excluding hydrogens is 350 g/mol. The van der Waals surface area contributed by atoms with Crippen LogP contribution in [-0.2, 0) is 11.8 Å². The number of thiazole rings is 1. The lowest BCUT2D eigenvalue weighted by atomic mass is 10.2. The highest BCUT2D eigenvalue weighted by Crippen LogP contribution is 2.31. The third-order valence-electron chi connectivity index (χ3n) is 4.90. The average molecular weight is 375 g/mol. The molecule has 8 heteroatoms. The van der Waals surface area contributed by atoms with Gasteiger partial charge in [0.1, 0.15) is 10.7 Å². The van der Waals surface area contributed by atoms with Crippen molar-refractivity contribution in [2.45, 2.75) is 18.9 Å². The monoisotopic (exact) mass is 375 g/mol. The molecule has 26 heavy (non-hydrogen) atoms. The van der Waals surface area contributed by atoms with Crippen molar-refractivity contribution in [3.8, 4) is 10.6 Å². The fraction of sp³-hybridized carbons (Fsp3) is 0.611. The maximum Gasteiger partial charge on any atom is 0.273 e. The van der Waals surface area contributed by atoms with Gasteiger partial charge in [0, 0.05) is 50.4 Å². The van der Waals surface area contributed by atoms with E-state index in [9.17, 15) is 4.79 Å². The van der Waals surface area contributed by atoms with Gasteiger partial charge in [-0.1, -0.05) is 0 Å². The van der Waals surface area contributed by atoms with Gasteiger partial charge in [-0.3, -0.25) is 9.48 Å². The summed E-state index contributed by atoms with van der Waals surface area (Å²) in [6, 6.07) is 0.